The molecule has 0 amide bonds. The molecule has 1 aromatic carbocycles. The molecule has 1 atom stereocenters. The van der Waals surface area contributed by atoms with E-state index in [0.717, 1.165) is 6.07 Å². The van der Waals surface area contributed by atoms with Crippen molar-refractivity contribution < 1.29 is 22.0 Å². The number of hydrogen-bond donors (Lipinski definition) is 1. The molecule has 5 heterocycles. The van der Waals surface area contributed by atoms with Gasteiger partial charge >= 0.3 is 0 Å². The topological polar surface area (TPSA) is 86.8 Å². The Morgan fingerprint density at radius 2 is 1.75 bits per heavy atom. The van der Waals surface area contributed by atoms with Crippen molar-refractivity contribution in [1.82, 2.24) is 19.4 Å². The van der Waals surface area contributed by atoms with Gasteiger partial charge < -0.3 is 5.32 Å². The van der Waals surface area contributed by atoms with Crippen LogP contribution in [0.4, 0.5) is 27.8 Å². The first-order valence-electron chi connectivity index (χ1n) is 15.3. The first-order chi connectivity index (χ1) is 21.0. The summed E-state index contributed by atoms with van der Waals surface area (Å²) in [4.78, 5) is 23.9. The fourth-order valence-corrected chi connectivity index (χ4v) is 6.75. The molecule has 7 rings (SSSR count). The van der Waals surface area contributed by atoms with Gasteiger partial charge in [0.25, 0.3) is 17.4 Å². The van der Waals surface area contributed by atoms with Gasteiger partial charge in [-0.1, -0.05) is 24.6 Å². The van der Waals surface area contributed by atoms with E-state index < -0.39 is 47.1 Å². The van der Waals surface area contributed by atoms with Crippen LogP contribution in [-0.2, 0) is 17.9 Å². The Morgan fingerprint density at radius 1 is 1.00 bits per heavy atom. The number of alkyl halides is 4. The van der Waals surface area contributed by atoms with Gasteiger partial charge in [-0.3, -0.25) is 14.3 Å². The van der Waals surface area contributed by atoms with E-state index >= 15 is 13.2 Å². The number of hydrogen-bond acceptors (Lipinski definition) is 6. The normalized spacial score (nSPS) is 26.3. The number of benzene rings is 1. The molecule has 44 heavy (non-hydrogen) atoms. The predicted molar refractivity (Wildman–Crippen MR) is 155 cm³/mol. The van der Waals surface area contributed by atoms with Gasteiger partial charge in [-0.05, 0) is 64.6 Å². The molecule has 3 aliphatic heterocycles. The van der Waals surface area contributed by atoms with Gasteiger partial charge in [0.2, 0.25) is 0 Å². The van der Waals surface area contributed by atoms with Crippen LogP contribution >= 0.6 is 0 Å². The summed E-state index contributed by atoms with van der Waals surface area (Å²) in [6, 6.07) is 6.98. The fourth-order valence-electron chi connectivity index (χ4n) is 6.75. The minimum Gasteiger partial charge on any atom is -0.363 e. The van der Waals surface area contributed by atoms with E-state index in [1.54, 1.807) is 13.0 Å². The second-order valence-electron chi connectivity index (χ2n) is 12.6. The van der Waals surface area contributed by atoms with Crippen LogP contribution in [0, 0.1) is 23.1 Å². The van der Waals surface area contributed by atoms with E-state index in [1.165, 1.54) is 27.9 Å². The third-order valence-corrected chi connectivity index (χ3v) is 9.55. The van der Waals surface area contributed by atoms with Crippen LogP contribution in [-0.4, -0.2) is 45.0 Å². The van der Waals surface area contributed by atoms with Gasteiger partial charge in [0.15, 0.2) is 0 Å². The molecule has 12 heteroatoms. The number of nitriles is 1. The minimum absolute atomic E-state index is 0.0149. The maximum absolute atomic E-state index is 15.9. The van der Waals surface area contributed by atoms with Gasteiger partial charge in [-0.15, -0.1) is 0 Å². The first-order valence-corrected chi connectivity index (χ1v) is 15.3. The van der Waals surface area contributed by atoms with Gasteiger partial charge in [0, 0.05) is 30.0 Å². The number of aromatic nitrogens is 3. The molecule has 0 unspecified atom stereocenters. The van der Waals surface area contributed by atoms with Crippen molar-refractivity contribution >= 4 is 16.9 Å². The molecule has 1 N–H and O–H groups in total. The molecule has 3 aromatic rings. The van der Waals surface area contributed by atoms with Gasteiger partial charge in [0.05, 0.1) is 35.0 Å². The zero-order chi connectivity index (χ0) is 31.3. The number of piperidine rings is 1. The lowest BCUT2D eigenvalue weighted by atomic mass is 9.85. The molecular formula is C32H35F5N6O. The summed E-state index contributed by atoms with van der Waals surface area (Å²) in [5.41, 5.74) is -1.39. The number of halogens is 5. The fraction of sp³-hybridized carbons (Fsp3) is 0.562. The molecule has 2 fully saturated rings. The predicted octanol–water partition coefficient (Wildman–Crippen LogP) is 6.67. The number of pyridine rings is 1. The number of aryl methyl sites for hydroxylation is 1. The summed E-state index contributed by atoms with van der Waals surface area (Å²) in [5.74, 6) is -8.43. The quantitative estimate of drug-likeness (QED) is 0.308. The van der Waals surface area contributed by atoms with E-state index in [4.69, 9.17) is 0 Å². The third-order valence-electron chi connectivity index (χ3n) is 9.55. The number of nitrogens with one attached hydrogen (secondary N) is 1. The Labute approximate surface area is 252 Å². The Kier molecular flexibility index (Phi) is 7.89. The van der Waals surface area contributed by atoms with Crippen LogP contribution in [0.2, 0.25) is 0 Å². The maximum atomic E-state index is 15.9. The molecule has 4 aliphatic rings. The summed E-state index contributed by atoms with van der Waals surface area (Å²) < 4.78 is 78.7. The number of rotatable bonds is 1. The van der Waals surface area contributed by atoms with Crippen molar-refractivity contribution in [3.8, 4) is 6.07 Å². The molecule has 234 valence electrons. The maximum Gasteiger partial charge on any atom is 0.278 e. The number of nitrogens with zero attached hydrogens (tertiary/aromatic N) is 5. The van der Waals surface area contributed by atoms with Crippen LogP contribution in [0.3, 0.4) is 0 Å². The third kappa shape index (κ3) is 5.55. The molecule has 1 saturated heterocycles. The minimum atomic E-state index is -3.49. The van der Waals surface area contributed by atoms with Crippen molar-refractivity contribution in [3.63, 3.8) is 0 Å². The van der Waals surface area contributed by atoms with Crippen molar-refractivity contribution in [2.75, 3.05) is 25.0 Å². The highest BCUT2D eigenvalue weighted by atomic mass is 19.3. The SMILES string of the molecule is C[C@H]1Nc2ncnc3c2cc(C2(C#N)CC2)c(=O)n3CCCCCC(F)(F)CN2CCC(CC2)C(F)(F)c2cccc1c2F. The smallest absolute Gasteiger partial charge is 0.278 e. The Balaban J connectivity index is 1.44. The largest absolute Gasteiger partial charge is 0.363 e. The zero-order valence-electron chi connectivity index (χ0n) is 24.6. The molecule has 0 spiro atoms. The van der Waals surface area contributed by atoms with Crippen LogP contribution < -0.4 is 10.9 Å². The van der Waals surface area contributed by atoms with E-state index in [-0.39, 0.29) is 62.3 Å². The average Bonchev–Trinajstić information content (AvgIpc) is 3.78. The lowest BCUT2D eigenvalue weighted by molar-refractivity contribution is -0.0992. The summed E-state index contributed by atoms with van der Waals surface area (Å²) in [5, 5.41) is 13.5. The van der Waals surface area contributed by atoms with Crippen molar-refractivity contribution in [1.29, 1.82) is 5.26 Å². The van der Waals surface area contributed by atoms with Crippen LogP contribution in [0.25, 0.3) is 11.0 Å². The van der Waals surface area contributed by atoms with E-state index in [2.05, 4.69) is 21.4 Å². The van der Waals surface area contributed by atoms with E-state index in [9.17, 15) is 18.8 Å². The molecule has 7 nitrogen and oxygen atoms in total. The van der Waals surface area contributed by atoms with Crippen molar-refractivity contribution in [2.24, 2.45) is 5.92 Å². The number of fused-ring (bicyclic) bond motifs is 9. The second kappa shape index (κ2) is 11.4. The molecule has 0 radical (unpaired) electrons. The second-order valence-corrected chi connectivity index (χ2v) is 12.6. The summed E-state index contributed by atoms with van der Waals surface area (Å²) in [7, 11) is 0. The monoisotopic (exact) mass is 614 g/mol. The molecular weight excluding hydrogens is 579 g/mol. The average molecular weight is 615 g/mol. The Morgan fingerprint density at radius 3 is 2.45 bits per heavy atom. The number of anilines is 1. The molecule has 1 saturated carbocycles. The first kappa shape index (κ1) is 30.4. The highest BCUT2D eigenvalue weighted by Gasteiger charge is 2.48. The van der Waals surface area contributed by atoms with Crippen LogP contribution in [0.15, 0.2) is 35.4 Å². The van der Waals surface area contributed by atoms with E-state index in [1.807, 2.05) is 0 Å². The van der Waals surface area contributed by atoms with Crippen LogP contribution in [0.1, 0.15) is 81.0 Å². The Hall–Kier alpha value is -3.59. The highest BCUT2D eigenvalue weighted by molar-refractivity contribution is 5.87. The highest BCUT2D eigenvalue weighted by Crippen LogP contribution is 2.47. The zero-order valence-corrected chi connectivity index (χ0v) is 24.6. The molecule has 8 bridgehead atoms. The summed E-state index contributed by atoms with van der Waals surface area (Å²) >= 11 is 0. The lowest BCUT2D eigenvalue weighted by Gasteiger charge is -2.37. The van der Waals surface area contributed by atoms with Crippen LogP contribution in [0.5, 0.6) is 0 Å². The van der Waals surface area contributed by atoms with Crippen molar-refractivity contribution in [3.05, 3.63) is 63.5 Å². The standard InChI is InChI=1S/C32H35F5N6O/c1-20-22-6-5-7-24(26(22)33)32(36,37)21-8-14-42(15-9-21)18-31(34,35)10-3-2-4-13-43-28-23(27(41-20)39-19-40-28)16-25(29(43)44)30(17-38)11-12-30/h5-7,16,19-21H,2-4,8-15,18H2,1H3,(H,39,40,41)/t20-/m1/s1. The van der Waals surface area contributed by atoms with Crippen molar-refractivity contribution in [2.45, 2.75) is 88.1 Å². The van der Waals surface area contributed by atoms with Gasteiger partial charge in [0.1, 0.15) is 23.6 Å². The van der Waals surface area contributed by atoms with Gasteiger partial charge in [-0.2, -0.15) is 5.26 Å². The van der Waals surface area contributed by atoms with Gasteiger partial charge in [-0.25, -0.2) is 31.9 Å². The molecule has 1 aliphatic carbocycles. The summed E-state index contributed by atoms with van der Waals surface area (Å²) in [6.07, 6.45) is 3.02. The Bertz CT molecular complexity index is 1660. The molecule has 2 aromatic heterocycles. The van der Waals surface area contributed by atoms with E-state index in [0.29, 0.717) is 42.3 Å². The summed E-state index contributed by atoms with van der Waals surface area (Å²) in [6.45, 7) is 1.50. The lowest BCUT2D eigenvalue weighted by Crippen LogP contribution is -2.44.